The number of aliphatic hydroxyl groups is 2. The SMILES string of the molecule is OCC(CO)(CCC1CCCO1)c1ccccc1Br. The first kappa shape index (κ1) is 15.0. The minimum absolute atomic E-state index is 0.0567. The molecular weight excluding hydrogens is 308 g/mol. The average Bonchev–Trinajstić information content (AvgIpc) is 2.95. The fourth-order valence-electron chi connectivity index (χ4n) is 2.71. The van der Waals surface area contributed by atoms with Crippen molar-refractivity contribution >= 4 is 15.9 Å². The molecule has 106 valence electrons. The average molecular weight is 329 g/mol. The Morgan fingerprint density at radius 3 is 2.58 bits per heavy atom. The minimum atomic E-state index is -0.591. The third-order valence-corrected chi connectivity index (χ3v) is 4.71. The minimum Gasteiger partial charge on any atom is -0.395 e. The number of hydrogen-bond donors (Lipinski definition) is 2. The van der Waals surface area contributed by atoms with Crippen LogP contribution in [-0.2, 0) is 10.2 Å². The van der Waals surface area contributed by atoms with Gasteiger partial charge in [0.05, 0.1) is 19.3 Å². The number of rotatable bonds is 6. The van der Waals surface area contributed by atoms with Crippen molar-refractivity contribution in [3.05, 3.63) is 34.3 Å². The molecule has 1 heterocycles. The van der Waals surface area contributed by atoms with Gasteiger partial charge in [0.15, 0.2) is 0 Å². The van der Waals surface area contributed by atoms with Crippen LogP contribution in [0.3, 0.4) is 0 Å². The lowest BCUT2D eigenvalue weighted by Gasteiger charge is -2.32. The van der Waals surface area contributed by atoms with Crippen molar-refractivity contribution in [3.63, 3.8) is 0 Å². The summed E-state index contributed by atoms with van der Waals surface area (Å²) in [6.45, 7) is 0.725. The zero-order valence-corrected chi connectivity index (χ0v) is 12.6. The fourth-order valence-corrected chi connectivity index (χ4v) is 3.42. The number of aliphatic hydroxyl groups excluding tert-OH is 2. The second-order valence-electron chi connectivity index (χ2n) is 5.25. The molecule has 4 heteroatoms. The summed E-state index contributed by atoms with van der Waals surface area (Å²) < 4.78 is 6.56. The lowest BCUT2D eigenvalue weighted by molar-refractivity contribution is 0.0681. The van der Waals surface area contributed by atoms with E-state index in [9.17, 15) is 10.2 Å². The lowest BCUT2D eigenvalue weighted by Crippen LogP contribution is -2.36. The van der Waals surface area contributed by atoms with Crippen molar-refractivity contribution in [2.24, 2.45) is 0 Å². The van der Waals surface area contributed by atoms with Gasteiger partial charge in [-0.15, -0.1) is 0 Å². The third kappa shape index (κ3) is 3.37. The maximum Gasteiger partial charge on any atom is 0.0576 e. The summed E-state index contributed by atoms with van der Waals surface area (Å²) in [4.78, 5) is 0. The third-order valence-electron chi connectivity index (χ3n) is 4.02. The normalized spacial score (nSPS) is 19.8. The second-order valence-corrected chi connectivity index (χ2v) is 6.10. The second kappa shape index (κ2) is 6.84. The Morgan fingerprint density at radius 2 is 2.00 bits per heavy atom. The highest BCUT2D eigenvalue weighted by Gasteiger charge is 2.33. The van der Waals surface area contributed by atoms with Crippen molar-refractivity contribution in [1.29, 1.82) is 0 Å². The summed E-state index contributed by atoms with van der Waals surface area (Å²) in [5.74, 6) is 0. The summed E-state index contributed by atoms with van der Waals surface area (Å²) >= 11 is 3.51. The summed E-state index contributed by atoms with van der Waals surface area (Å²) in [6, 6.07) is 7.78. The molecule has 0 radical (unpaired) electrons. The van der Waals surface area contributed by atoms with Crippen LogP contribution in [0.1, 0.15) is 31.2 Å². The van der Waals surface area contributed by atoms with Gasteiger partial charge in [-0.1, -0.05) is 34.1 Å². The first-order valence-corrected chi connectivity index (χ1v) is 7.59. The van der Waals surface area contributed by atoms with Gasteiger partial charge in [0.2, 0.25) is 0 Å². The Kier molecular flexibility index (Phi) is 5.39. The summed E-state index contributed by atoms with van der Waals surface area (Å²) in [7, 11) is 0. The first-order chi connectivity index (χ1) is 9.22. The van der Waals surface area contributed by atoms with Crippen molar-refractivity contribution in [3.8, 4) is 0 Å². The van der Waals surface area contributed by atoms with E-state index < -0.39 is 5.41 Å². The zero-order valence-electron chi connectivity index (χ0n) is 11.0. The topological polar surface area (TPSA) is 49.7 Å². The molecule has 0 amide bonds. The van der Waals surface area contributed by atoms with Gasteiger partial charge in [-0.3, -0.25) is 0 Å². The molecule has 2 N–H and O–H groups in total. The molecule has 0 bridgehead atoms. The van der Waals surface area contributed by atoms with E-state index in [1.165, 1.54) is 0 Å². The number of hydrogen-bond acceptors (Lipinski definition) is 3. The molecule has 19 heavy (non-hydrogen) atoms. The van der Waals surface area contributed by atoms with Gasteiger partial charge >= 0.3 is 0 Å². The van der Waals surface area contributed by atoms with Crippen LogP contribution in [0.15, 0.2) is 28.7 Å². The monoisotopic (exact) mass is 328 g/mol. The Hall–Kier alpha value is -0.420. The molecule has 3 nitrogen and oxygen atoms in total. The van der Waals surface area contributed by atoms with E-state index in [0.29, 0.717) is 0 Å². The molecule has 2 rings (SSSR count). The molecule has 1 fully saturated rings. The van der Waals surface area contributed by atoms with Gasteiger partial charge in [-0.05, 0) is 37.3 Å². The van der Waals surface area contributed by atoms with E-state index in [-0.39, 0.29) is 19.3 Å². The van der Waals surface area contributed by atoms with E-state index in [4.69, 9.17) is 4.74 Å². The summed E-state index contributed by atoms with van der Waals surface area (Å²) in [5.41, 5.74) is 0.379. The molecule has 1 aromatic rings. The molecule has 0 aliphatic carbocycles. The van der Waals surface area contributed by atoms with E-state index in [2.05, 4.69) is 15.9 Å². The van der Waals surface area contributed by atoms with Crippen LogP contribution in [0.2, 0.25) is 0 Å². The highest BCUT2D eigenvalue weighted by molar-refractivity contribution is 9.10. The molecule has 0 spiro atoms. The van der Waals surface area contributed by atoms with Gasteiger partial charge in [-0.2, -0.15) is 0 Å². The van der Waals surface area contributed by atoms with E-state index >= 15 is 0 Å². The van der Waals surface area contributed by atoms with E-state index in [1.807, 2.05) is 24.3 Å². The van der Waals surface area contributed by atoms with Gasteiger partial charge in [0.25, 0.3) is 0 Å². The standard InChI is InChI=1S/C15H21BrO3/c16-14-6-2-1-5-13(14)15(10-17,11-18)8-7-12-4-3-9-19-12/h1-2,5-6,12,17-18H,3-4,7-11H2. The highest BCUT2D eigenvalue weighted by atomic mass is 79.9. The van der Waals surface area contributed by atoms with Gasteiger partial charge < -0.3 is 14.9 Å². The predicted octanol–water partition coefficient (Wildman–Crippen LogP) is 2.63. The molecule has 0 aromatic heterocycles. The van der Waals surface area contributed by atoms with Crippen LogP contribution < -0.4 is 0 Å². The molecule has 1 atom stereocenters. The first-order valence-electron chi connectivity index (χ1n) is 6.80. The molecule has 1 unspecified atom stereocenters. The largest absolute Gasteiger partial charge is 0.395 e. The maximum atomic E-state index is 9.81. The van der Waals surface area contributed by atoms with Crippen LogP contribution in [0.5, 0.6) is 0 Å². The Morgan fingerprint density at radius 1 is 1.26 bits per heavy atom. The van der Waals surface area contributed by atoms with Gasteiger partial charge in [0, 0.05) is 16.5 Å². The predicted molar refractivity (Wildman–Crippen MR) is 78.2 cm³/mol. The molecular formula is C15H21BrO3. The summed E-state index contributed by atoms with van der Waals surface area (Å²) in [5, 5.41) is 19.6. The molecule has 1 aliphatic rings. The Bertz CT molecular complexity index is 398. The molecule has 1 aliphatic heterocycles. The van der Waals surface area contributed by atoms with Gasteiger partial charge in [-0.25, -0.2) is 0 Å². The molecule has 1 aromatic carbocycles. The number of halogens is 1. The van der Waals surface area contributed by atoms with Crippen molar-refractivity contribution in [2.45, 2.75) is 37.2 Å². The van der Waals surface area contributed by atoms with E-state index in [0.717, 1.165) is 42.3 Å². The van der Waals surface area contributed by atoms with Crippen LogP contribution in [-0.4, -0.2) is 36.1 Å². The number of ether oxygens (including phenoxy) is 1. The quantitative estimate of drug-likeness (QED) is 0.844. The summed E-state index contributed by atoms with van der Waals surface area (Å²) in [6.07, 6.45) is 4.09. The fraction of sp³-hybridized carbons (Fsp3) is 0.600. The van der Waals surface area contributed by atoms with Crippen LogP contribution in [0.25, 0.3) is 0 Å². The smallest absolute Gasteiger partial charge is 0.0576 e. The zero-order chi connectivity index (χ0) is 13.7. The van der Waals surface area contributed by atoms with Crippen molar-refractivity contribution in [2.75, 3.05) is 19.8 Å². The lowest BCUT2D eigenvalue weighted by atomic mass is 9.77. The Labute approximate surface area is 122 Å². The Balaban J connectivity index is 2.14. The van der Waals surface area contributed by atoms with Crippen LogP contribution in [0.4, 0.5) is 0 Å². The number of benzene rings is 1. The van der Waals surface area contributed by atoms with Crippen molar-refractivity contribution < 1.29 is 14.9 Å². The van der Waals surface area contributed by atoms with Crippen LogP contribution in [0, 0.1) is 0 Å². The van der Waals surface area contributed by atoms with E-state index in [1.54, 1.807) is 0 Å². The maximum absolute atomic E-state index is 9.81. The highest BCUT2D eigenvalue weighted by Crippen LogP contribution is 2.35. The molecule has 1 saturated heterocycles. The molecule has 0 saturated carbocycles. The van der Waals surface area contributed by atoms with Gasteiger partial charge in [0.1, 0.15) is 0 Å². The van der Waals surface area contributed by atoms with Crippen LogP contribution >= 0.6 is 15.9 Å². The van der Waals surface area contributed by atoms with Crippen molar-refractivity contribution in [1.82, 2.24) is 0 Å².